The van der Waals surface area contributed by atoms with Crippen LogP contribution in [0.5, 0.6) is 0 Å². The smallest absolute Gasteiger partial charge is 0.0329 e. The second kappa shape index (κ2) is 5.20. The molecule has 0 radical (unpaired) electrons. The SMILES string of the molecule is CNCC1(N(C)C)CC1.Cl.Cl. The van der Waals surface area contributed by atoms with Gasteiger partial charge in [-0.1, -0.05) is 0 Å². The van der Waals surface area contributed by atoms with Crippen molar-refractivity contribution in [3.63, 3.8) is 0 Å². The number of likely N-dealkylation sites (N-methyl/N-ethyl adjacent to an activating group) is 2. The number of halogens is 2. The fourth-order valence-corrected chi connectivity index (χ4v) is 1.26. The van der Waals surface area contributed by atoms with Crippen molar-refractivity contribution in [1.82, 2.24) is 10.2 Å². The highest BCUT2D eigenvalue weighted by Gasteiger charge is 2.43. The normalized spacial score (nSPS) is 18.5. The number of hydrogen-bond donors (Lipinski definition) is 1. The Bertz CT molecular complexity index is 103. The van der Waals surface area contributed by atoms with Crippen molar-refractivity contribution < 1.29 is 0 Å². The summed E-state index contributed by atoms with van der Waals surface area (Å²) in [4.78, 5) is 2.32. The summed E-state index contributed by atoms with van der Waals surface area (Å²) in [6, 6.07) is 0. The van der Waals surface area contributed by atoms with E-state index in [-0.39, 0.29) is 24.8 Å². The van der Waals surface area contributed by atoms with Crippen molar-refractivity contribution in [2.75, 3.05) is 27.7 Å². The summed E-state index contributed by atoms with van der Waals surface area (Å²) in [5, 5.41) is 3.21. The Morgan fingerprint density at radius 3 is 1.82 bits per heavy atom. The Balaban J connectivity index is 0. The van der Waals surface area contributed by atoms with Crippen LogP contribution < -0.4 is 5.32 Å². The van der Waals surface area contributed by atoms with Gasteiger partial charge >= 0.3 is 0 Å². The molecule has 0 aromatic heterocycles. The maximum atomic E-state index is 3.21. The van der Waals surface area contributed by atoms with E-state index in [0.717, 1.165) is 6.54 Å². The molecular formula is C7H18Cl2N2. The molecule has 0 spiro atoms. The minimum Gasteiger partial charge on any atom is -0.318 e. The third kappa shape index (κ3) is 3.16. The molecule has 70 valence electrons. The quantitative estimate of drug-likeness (QED) is 0.736. The standard InChI is InChI=1S/C7H16N2.2ClH/c1-8-6-7(4-5-7)9(2)3;;/h8H,4-6H2,1-3H3;2*1H. The largest absolute Gasteiger partial charge is 0.318 e. The lowest BCUT2D eigenvalue weighted by atomic mass is 10.2. The molecule has 11 heavy (non-hydrogen) atoms. The molecule has 0 aromatic rings. The molecule has 1 rings (SSSR count). The van der Waals surface area contributed by atoms with Crippen LogP contribution in [-0.4, -0.2) is 38.1 Å². The predicted molar refractivity (Wildman–Crippen MR) is 54.1 cm³/mol. The molecular weight excluding hydrogens is 183 g/mol. The highest BCUT2D eigenvalue weighted by Crippen LogP contribution is 2.38. The molecule has 0 aromatic carbocycles. The van der Waals surface area contributed by atoms with Crippen molar-refractivity contribution in [2.45, 2.75) is 18.4 Å². The van der Waals surface area contributed by atoms with Crippen LogP contribution in [0.4, 0.5) is 0 Å². The molecule has 1 aliphatic rings. The lowest BCUT2D eigenvalue weighted by Crippen LogP contribution is -2.38. The monoisotopic (exact) mass is 200 g/mol. The van der Waals surface area contributed by atoms with Crippen LogP contribution in [0, 0.1) is 0 Å². The average molecular weight is 201 g/mol. The number of hydrogen-bond acceptors (Lipinski definition) is 2. The molecule has 1 fully saturated rings. The van der Waals surface area contributed by atoms with Crippen LogP contribution in [0.2, 0.25) is 0 Å². The van der Waals surface area contributed by atoms with Gasteiger partial charge in [0.15, 0.2) is 0 Å². The Hall–Kier alpha value is 0.500. The van der Waals surface area contributed by atoms with E-state index in [1.54, 1.807) is 0 Å². The number of nitrogens with one attached hydrogen (secondary N) is 1. The molecule has 0 saturated heterocycles. The first kappa shape index (κ1) is 14.0. The van der Waals surface area contributed by atoms with Crippen LogP contribution in [-0.2, 0) is 0 Å². The molecule has 0 heterocycles. The number of rotatable bonds is 3. The van der Waals surface area contributed by atoms with E-state index in [1.165, 1.54) is 12.8 Å². The van der Waals surface area contributed by atoms with E-state index < -0.39 is 0 Å². The van der Waals surface area contributed by atoms with Crippen molar-refractivity contribution in [3.8, 4) is 0 Å². The van der Waals surface area contributed by atoms with E-state index in [1.807, 2.05) is 7.05 Å². The van der Waals surface area contributed by atoms with Crippen LogP contribution >= 0.6 is 24.8 Å². The fourth-order valence-electron chi connectivity index (χ4n) is 1.26. The van der Waals surface area contributed by atoms with E-state index in [2.05, 4.69) is 24.3 Å². The maximum Gasteiger partial charge on any atom is 0.0329 e. The molecule has 0 unspecified atom stereocenters. The molecule has 1 N–H and O–H groups in total. The zero-order valence-electron chi connectivity index (χ0n) is 7.39. The minimum atomic E-state index is 0. The first-order chi connectivity index (χ1) is 4.21. The molecule has 0 aliphatic heterocycles. The second-order valence-corrected chi connectivity index (χ2v) is 3.15. The van der Waals surface area contributed by atoms with Gasteiger partial charge in [-0.2, -0.15) is 0 Å². The lowest BCUT2D eigenvalue weighted by molar-refractivity contribution is 0.266. The molecule has 2 nitrogen and oxygen atoms in total. The van der Waals surface area contributed by atoms with Gasteiger partial charge in [-0.15, -0.1) is 24.8 Å². The van der Waals surface area contributed by atoms with Crippen molar-refractivity contribution >= 4 is 24.8 Å². The molecule has 0 amide bonds. The first-order valence-corrected chi connectivity index (χ1v) is 3.53. The van der Waals surface area contributed by atoms with Gasteiger partial charge in [0.05, 0.1) is 0 Å². The van der Waals surface area contributed by atoms with Crippen LogP contribution in [0.15, 0.2) is 0 Å². The lowest BCUT2D eigenvalue weighted by Gasteiger charge is -2.22. The Morgan fingerprint density at radius 1 is 1.27 bits per heavy atom. The van der Waals surface area contributed by atoms with Gasteiger partial charge in [-0.25, -0.2) is 0 Å². The van der Waals surface area contributed by atoms with Crippen molar-refractivity contribution in [1.29, 1.82) is 0 Å². The Kier molecular flexibility index (Phi) is 6.64. The highest BCUT2D eigenvalue weighted by molar-refractivity contribution is 5.85. The van der Waals surface area contributed by atoms with Gasteiger partial charge in [0.2, 0.25) is 0 Å². The van der Waals surface area contributed by atoms with E-state index >= 15 is 0 Å². The third-order valence-electron chi connectivity index (χ3n) is 2.28. The molecule has 0 atom stereocenters. The number of nitrogens with zero attached hydrogens (tertiary/aromatic N) is 1. The predicted octanol–water partition coefficient (Wildman–Crippen LogP) is 1.14. The van der Waals surface area contributed by atoms with Gasteiger partial charge in [0.1, 0.15) is 0 Å². The first-order valence-electron chi connectivity index (χ1n) is 3.53. The summed E-state index contributed by atoms with van der Waals surface area (Å²) in [5.74, 6) is 0. The van der Waals surface area contributed by atoms with Crippen LogP contribution in [0.25, 0.3) is 0 Å². The summed E-state index contributed by atoms with van der Waals surface area (Å²) >= 11 is 0. The molecule has 4 heteroatoms. The molecule has 1 saturated carbocycles. The van der Waals surface area contributed by atoms with Gasteiger partial charge in [0, 0.05) is 12.1 Å². The average Bonchev–Trinajstić information content (AvgIpc) is 2.49. The van der Waals surface area contributed by atoms with Crippen LogP contribution in [0.3, 0.4) is 0 Å². The van der Waals surface area contributed by atoms with Gasteiger partial charge < -0.3 is 10.2 Å². The Labute approximate surface area is 81.5 Å². The van der Waals surface area contributed by atoms with Crippen molar-refractivity contribution in [2.24, 2.45) is 0 Å². The van der Waals surface area contributed by atoms with E-state index in [4.69, 9.17) is 0 Å². The molecule has 0 bridgehead atoms. The van der Waals surface area contributed by atoms with E-state index in [0.29, 0.717) is 5.54 Å². The second-order valence-electron chi connectivity index (χ2n) is 3.15. The summed E-state index contributed by atoms with van der Waals surface area (Å²) in [5.41, 5.74) is 0.523. The van der Waals surface area contributed by atoms with E-state index in [9.17, 15) is 0 Å². The Morgan fingerprint density at radius 2 is 1.73 bits per heavy atom. The van der Waals surface area contributed by atoms with Gasteiger partial charge in [-0.05, 0) is 34.0 Å². The maximum absolute atomic E-state index is 3.21. The van der Waals surface area contributed by atoms with Gasteiger partial charge in [-0.3, -0.25) is 0 Å². The zero-order valence-corrected chi connectivity index (χ0v) is 9.02. The molecule has 1 aliphatic carbocycles. The minimum absolute atomic E-state index is 0. The van der Waals surface area contributed by atoms with Gasteiger partial charge in [0.25, 0.3) is 0 Å². The summed E-state index contributed by atoms with van der Waals surface area (Å²) in [7, 11) is 6.33. The topological polar surface area (TPSA) is 15.3 Å². The van der Waals surface area contributed by atoms with Crippen LogP contribution in [0.1, 0.15) is 12.8 Å². The summed E-state index contributed by atoms with van der Waals surface area (Å²) < 4.78 is 0. The summed E-state index contributed by atoms with van der Waals surface area (Å²) in [6.07, 6.45) is 2.72. The third-order valence-corrected chi connectivity index (χ3v) is 2.28. The highest BCUT2D eigenvalue weighted by atomic mass is 35.5. The summed E-state index contributed by atoms with van der Waals surface area (Å²) in [6.45, 7) is 1.14. The fraction of sp³-hybridized carbons (Fsp3) is 1.00. The van der Waals surface area contributed by atoms with Crippen molar-refractivity contribution in [3.05, 3.63) is 0 Å². The zero-order chi connectivity index (χ0) is 6.91.